The lowest BCUT2D eigenvalue weighted by molar-refractivity contribution is -0.158. The summed E-state index contributed by atoms with van der Waals surface area (Å²) >= 11 is 0. The number of aliphatic carboxylic acids is 1. The summed E-state index contributed by atoms with van der Waals surface area (Å²) in [6.07, 6.45) is 1.22. The number of nitrogens with one attached hydrogen (secondary N) is 2. The van der Waals surface area contributed by atoms with E-state index >= 15 is 0 Å². The number of amides is 1. The van der Waals surface area contributed by atoms with Gasteiger partial charge in [-0.25, -0.2) is 4.79 Å². The minimum Gasteiger partial charge on any atom is -0.480 e. The second kappa shape index (κ2) is 7.40. The van der Waals surface area contributed by atoms with Crippen LogP contribution in [0, 0.1) is 5.92 Å². The Morgan fingerprint density at radius 2 is 2.05 bits per heavy atom. The van der Waals surface area contributed by atoms with Gasteiger partial charge in [-0.05, 0) is 40.2 Å². The van der Waals surface area contributed by atoms with Crippen molar-refractivity contribution in [3.05, 3.63) is 0 Å². The highest BCUT2D eigenvalue weighted by Gasteiger charge is 2.29. The number of hydrogen-bond acceptors (Lipinski definition) is 5. The molecule has 120 valence electrons. The Hall–Kier alpha value is -1.63. The van der Waals surface area contributed by atoms with Crippen molar-refractivity contribution in [2.75, 3.05) is 13.1 Å². The van der Waals surface area contributed by atoms with Gasteiger partial charge in [-0.1, -0.05) is 0 Å². The first-order chi connectivity index (χ1) is 9.69. The summed E-state index contributed by atoms with van der Waals surface area (Å²) in [6, 6.07) is -1.26. The molecule has 1 amide bonds. The molecule has 1 rings (SSSR count). The quantitative estimate of drug-likeness (QED) is 0.630. The number of piperidine rings is 1. The van der Waals surface area contributed by atoms with E-state index in [1.54, 1.807) is 20.8 Å². The van der Waals surface area contributed by atoms with Gasteiger partial charge in [-0.15, -0.1) is 0 Å². The lowest BCUT2D eigenvalue weighted by atomic mass is 9.98. The van der Waals surface area contributed by atoms with Gasteiger partial charge in [0.05, 0.1) is 12.3 Å². The second-order valence-electron chi connectivity index (χ2n) is 6.23. The number of hydrogen-bond donors (Lipinski definition) is 3. The summed E-state index contributed by atoms with van der Waals surface area (Å²) in [6.45, 7) is 6.50. The van der Waals surface area contributed by atoms with Gasteiger partial charge in [0.15, 0.2) is 0 Å². The summed E-state index contributed by atoms with van der Waals surface area (Å²) in [4.78, 5) is 34.9. The molecule has 0 radical (unpaired) electrons. The number of carboxylic acids is 1. The Morgan fingerprint density at radius 1 is 1.38 bits per heavy atom. The minimum atomic E-state index is -1.26. The van der Waals surface area contributed by atoms with Gasteiger partial charge >= 0.3 is 11.9 Å². The maximum absolute atomic E-state index is 12.0. The van der Waals surface area contributed by atoms with Crippen molar-refractivity contribution in [2.24, 2.45) is 5.92 Å². The molecule has 1 fully saturated rings. The van der Waals surface area contributed by atoms with E-state index in [1.165, 1.54) is 0 Å². The van der Waals surface area contributed by atoms with Gasteiger partial charge in [-0.3, -0.25) is 9.59 Å². The summed E-state index contributed by atoms with van der Waals surface area (Å²) in [5, 5.41) is 14.6. The Bertz CT molecular complexity index is 397. The average Bonchev–Trinajstić information content (AvgIpc) is 2.36. The standard InChI is InChI=1S/C14H24N2O5/c1-14(2,3)21-11(17)7-10(13(19)20)16-12(18)9-5-4-6-15-8-9/h9-10,15H,4-8H2,1-3H3,(H,16,18)(H,19,20)/t9-,10+/m1/s1. The minimum absolute atomic E-state index is 0.251. The fourth-order valence-corrected chi connectivity index (χ4v) is 2.12. The third-order valence-corrected chi connectivity index (χ3v) is 3.07. The number of ether oxygens (including phenoxy) is 1. The van der Waals surface area contributed by atoms with E-state index in [0.717, 1.165) is 19.4 Å². The molecule has 1 aliphatic heterocycles. The van der Waals surface area contributed by atoms with Crippen LogP contribution in [0.15, 0.2) is 0 Å². The summed E-state index contributed by atoms with van der Waals surface area (Å²) in [5.74, 6) is -2.47. The van der Waals surface area contributed by atoms with Crippen LogP contribution in [-0.2, 0) is 19.1 Å². The number of rotatable bonds is 5. The molecule has 0 unspecified atom stereocenters. The molecular weight excluding hydrogens is 276 g/mol. The highest BCUT2D eigenvalue weighted by atomic mass is 16.6. The zero-order chi connectivity index (χ0) is 16.0. The number of carbonyl (C=O) groups excluding carboxylic acids is 2. The van der Waals surface area contributed by atoms with Crippen molar-refractivity contribution >= 4 is 17.8 Å². The number of esters is 1. The fourth-order valence-electron chi connectivity index (χ4n) is 2.12. The highest BCUT2D eigenvalue weighted by Crippen LogP contribution is 2.12. The van der Waals surface area contributed by atoms with Gasteiger partial charge in [0.2, 0.25) is 5.91 Å². The van der Waals surface area contributed by atoms with Crippen molar-refractivity contribution in [3.63, 3.8) is 0 Å². The molecule has 0 aromatic rings. The van der Waals surface area contributed by atoms with E-state index in [9.17, 15) is 14.4 Å². The molecule has 7 nitrogen and oxygen atoms in total. The lowest BCUT2D eigenvalue weighted by Gasteiger charge is -2.24. The Balaban J connectivity index is 2.55. The SMILES string of the molecule is CC(C)(C)OC(=O)C[C@H](NC(=O)[C@@H]1CCCNC1)C(=O)O. The Labute approximate surface area is 124 Å². The van der Waals surface area contributed by atoms with E-state index < -0.39 is 23.6 Å². The van der Waals surface area contributed by atoms with E-state index in [0.29, 0.717) is 6.54 Å². The normalized spacial score (nSPS) is 20.4. The van der Waals surface area contributed by atoms with Crippen LogP contribution < -0.4 is 10.6 Å². The van der Waals surface area contributed by atoms with Crippen LogP contribution in [0.25, 0.3) is 0 Å². The smallest absolute Gasteiger partial charge is 0.326 e. The van der Waals surface area contributed by atoms with E-state index in [2.05, 4.69) is 10.6 Å². The molecule has 0 aromatic carbocycles. The van der Waals surface area contributed by atoms with Crippen molar-refractivity contribution in [1.82, 2.24) is 10.6 Å². The van der Waals surface area contributed by atoms with Crippen molar-refractivity contribution in [2.45, 2.75) is 51.7 Å². The van der Waals surface area contributed by atoms with Crippen LogP contribution in [0.3, 0.4) is 0 Å². The highest BCUT2D eigenvalue weighted by molar-refractivity contribution is 5.88. The molecule has 1 aliphatic rings. The molecule has 21 heavy (non-hydrogen) atoms. The van der Waals surface area contributed by atoms with Gasteiger partial charge in [0.25, 0.3) is 0 Å². The van der Waals surface area contributed by atoms with Gasteiger partial charge in [-0.2, -0.15) is 0 Å². The molecule has 1 heterocycles. The summed E-state index contributed by atoms with van der Waals surface area (Å²) in [5.41, 5.74) is -0.683. The molecule has 2 atom stereocenters. The maximum Gasteiger partial charge on any atom is 0.326 e. The lowest BCUT2D eigenvalue weighted by Crippen LogP contribution is -2.48. The van der Waals surface area contributed by atoms with Gasteiger partial charge in [0.1, 0.15) is 11.6 Å². The number of carboxylic acid groups (broad SMARTS) is 1. The van der Waals surface area contributed by atoms with Crippen LogP contribution >= 0.6 is 0 Å². The first kappa shape index (κ1) is 17.4. The zero-order valence-corrected chi connectivity index (χ0v) is 12.8. The fraction of sp³-hybridized carbons (Fsp3) is 0.786. The Kier molecular flexibility index (Phi) is 6.14. The first-order valence-electron chi connectivity index (χ1n) is 7.15. The van der Waals surface area contributed by atoms with Crippen LogP contribution in [-0.4, -0.2) is 47.7 Å². The summed E-state index contributed by atoms with van der Waals surface area (Å²) in [7, 11) is 0. The van der Waals surface area contributed by atoms with E-state index in [4.69, 9.17) is 9.84 Å². The third kappa shape index (κ3) is 6.57. The summed E-state index contributed by atoms with van der Waals surface area (Å²) < 4.78 is 5.08. The van der Waals surface area contributed by atoms with Crippen LogP contribution in [0.5, 0.6) is 0 Å². The van der Waals surface area contributed by atoms with Crippen molar-refractivity contribution in [3.8, 4) is 0 Å². The Morgan fingerprint density at radius 3 is 2.52 bits per heavy atom. The largest absolute Gasteiger partial charge is 0.480 e. The molecule has 0 bridgehead atoms. The predicted molar refractivity (Wildman–Crippen MR) is 75.6 cm³/mol. The van der Waals surface area contributed by atoms with Crippen LogP contribution in [0.4, 0.5) is 0 Å². The molecule has 1 saturated heterocycles. The van der Waals surface area contributed by atoms with Crippen molar-refractivity contribution in [1.29, 1.82) is 0 Å². The first-order valence-corrected chi connectivity index (χ1v) is 7.15. The van der Waals surface area contributed by atoms with Crippen LogP contribution in [0.2, 0.25) is 0 Å². The topological polar surface area (TPSA) is 105 Å². The third-order valence-electron chi connectivity index (χ3n) is 3.07. The monoisotopic (exact) mass is 300 g/mol. The zero-order valence-electron chi connectivity index (χ0n) is 12.8. The van der Waals surface area contributed by atoms with Crippen molar-refractivity contribution < 1.29 is 24.2 Å². The number of carbonyl (C=O) groups is 3. The predicted octanol–water partition coefficient (Wildman–Crippen LogP) is 0.287. The van der Waals surface area contributed by atoms with Crippen LogP contribution in [0.1, 0.15) is 40.0 Å². The molecule has 0 spiro atoms. The molecule has 7 heteroatoms. The van der Waals surface area contributed by atoms with Gasteiger partial charge in [0, 0.05) is 6.54 Å². The maximum atomic E-state index is 12.0. The van der Waals surface area contributed by atoms with E-state index in [-0.39, 0.29) is 18.2 Å². The molecule has 3 N–H and O–H groups in total. The van der Waals surface area contributed by atoms with E-state index in [1.807, 2.05) is 0 Å². The molecule has 0 aliphatic carbocycles. The average molecular weight is 300 g/mol. The molecule has 0 aromatic heterocycles. The molecular formula is C14H24N2O5. The second-order valence-corrected chi connectivity index (χ2v) is 6.23. The van der Waals surface area contributed by atoms with Gasteiger partial charge < -0.3 is 20.5 Å². The molecule has 0 saturated carbocycles.